The zero-order valence-corrected chi connectivity index (χ0v) is 23.3. The number of hydrogen-bond acceptors (Lipinski definition) is 8. The standard InChI is InChI=1S/C27H36N6O3S/c1-17(2)21-16-28-33-23(21)30-25(37-6)31-24(33)29-20-9-7-8-19(15-20)22(34)14-18-10-12-32(13-11-18)26(35)36-27(3,4)5/h7-9,15-18H,10-14H2,1-6H3,(H,29,30,31). The third-order valence-corrected chi connectivity index (χ3v) is 6.91. The number of ether oxygens (including phenoxy) is 1. The number of carbonyl (C=O) groups is 2. The Kier molecular flexibility index (Phi) is 8.06. The fourth-order valence-corrected chi connectivity index (χ4v) is 4.74. The Labute approximate surface area is 222 Å². The van der Waals surface area contributed by atoms with Crippen LogP contribution >= 0.6 is 11.8 Å². The molecule has 1 aliphatic heterocycles. The van der Waals surface area contributed by atoms with E-state index in [0.29, 0.717) is 36.2 Å². The first kappa shape index (κ1) is 26.9. The highest BCUT2D eigenvalue weighted by atomic mass is 32.2. The number of aromatic nitrogens is 4. The first-order chi connectivity index (χ1) is 17.5. The van der Waals surface area contributed by atoms with Crippen LogP contribution in [0.5, 0.6) is 0 Å². The summed E-state index contributed by atoms with van der Waals surface area (Å²) in [4.78, 5) is 36.5. The molecule has 2 aromatic heterocycles. The van der Waals surface area contributed by atoms with Crippen molar-refractivity contribution in [2.45, 2.75) is 70.6 Å². The van der Waals surface area contributed by atoms with Gasteiger partial charge in [0, 0.05) is 36.3 Å². The molecular formula is C27H36N6O3S. The fourth-order valence-electron chi connectivity index (χ4n) is 4.38. The Bertz CT molecular complexity index is 1270. The van der Waals surface area contributed by atoms with Crippen LogP contribution in [0.4, 0.5) is 16.4 Å². The van der Waals surface area contributed by atoms with E-state index < -0.39 is 5.60 Å². The van der Waals surface area contributed by atoms with Crippen molar-refractivity contribution in [3.63, 3.8) is 0 Å². The molecule has 0 aliphatic carbocycles. The van der Waals surface area contributed by atoms with Gasteiger partial charge in [-0.2, -0.15) is 14.6 Å². The third-order valence-electron chi connectivity index (χ3n) is 6.36. The number of fused-ring (bicyclic) bond motifs is 1. The van der Waals surface area contributed by atoms with Crippen molar-refractivity contribution in [3.8, 4) is 0 Å². The van der Waals surface area contributed by atoms with Gasteiger partial charge in [-0.05, 0) is 63.8 Å². The van der Waals surface area contributed by atoms with Gasteiger partial charge >= 0.3 is 6.09 Å². The Morgan fingerprint density at radius 2 is 1.92 bits per heavy atom. The normalized spacial score (nSPS) is 14.8. The number of piperidine rings is 1. The Morgan fingerprint density at radius 3 is 2.57 bits per heavy atom. The zero-order chi connectivity index (χ0) is 26.7. The quantitative estimate of drug-likeness (QED) is 0.300. The number of likely N-dealkylation sites (tertiary alicyclic amines) is 1. The molecule has 1 N–H and O–H groups in total. The van der Waals surface area contributed by atoms with Crippen molar-refractivity contribution in [1.82, 2.24) is 24.5 Å². The lowest BCUT2D eigenvalue weighted by molar-refractivity contribution is 0.0183. The summed E-state index contributed by atoms with van der Waals surface area (Å²) in [6, 6.07) is 7.49. The van der Waals surface area contributed by atoms with Crippen LogP contribution in [0.1, 0.15) is 75.7 Å². The van der Waals surface area contributed by atoms with E-state index in [1.807, 2.05) is 57.5 Å². The van der Waals surface area contributed by atoms with Gasteiger partial charge in [-0.25, -0.2) is 9.78 Å². The van der Waals surface area contributed by atoms with Gasteiger partial charge in [-0.15, -0.1) is 0 Å². The van der Waals surface area contributed by atoms with E-state index in [0.717, 1.165) is 29.7 Å². The van der Waals surface area contributed by atoms with Crippen molar-refractivity contribution in [1.29, 1.82) is 0 Å². The number of rotatable bonds is 7. The zero-order valence-electron chi connectivity index (χ0n) is 22.4. The molecule has 9 nitrogen and oxygen atoms in total. The van der Waals surface area contributed by atoms with Gasteiger partial charge < -0.3 is 15.0 Å². The number of nitrogens with one attached hydrogen (secondary N) is 1. The van der Waals surface area contributed by atoms with Gasteiger partial charge in [-0.1, -0.05) is 37.7 Å². The summed E-state index contributed by atoms with van der Waals surface area (Å²) in [6.07, 6.45) is 5.53. The van der Waals surface area contributed by atoms with Crippen LogP contribution in [-0.2, 0) is 4.74 Å². The molecule has 1 fully saturated rings. The second kappa shape index (κ2) is 11.1. The molecule has 0 unspecified atom stereocenters. The lowest BCUT2D eigenvalue weighted by atomic mass is 9.90. The molecule has 1 saturated heterocycles. The van der Waals surface area contributed by atoms with Crippen LogP contribution in [-0.4, -0.2) is 61.3 Å². The van der Waals surface area contributed by atoms with Gasteiger partial charge in [0.15, 0.2) is 16.6 Å². The van der Waals surface area contributed by atoms with Gasteiger partial charge in [0.1, 0.15) is 5.60 Å². The van der Waals surface area contributed by atoms with Crippen molar-refractivity contribution in [3.05, 3.63) is 41.6 Å². The van der Waals surface area contributed by atoms with Crippen molar-refractivity contribution in [2.24, 2.45) is 5.92 Å². The molecule has 1 aliphatic rings. The van der Waals surface area contributed by atoms with Crippen LogP contribution in [0.3, 0.4) is 0 Å². The largest absolute Gasteiger partial charge is 0.444 e. The fraction of sp³-hybridized carbons (Fsp3) is 0.519. The molecule has 0 saturated carbocycles. The number of amides is 1. The summed E-state index contributed by atoms with van der Waals surface area (Å²) in [6.45, 7) is 11.0. The first-order valence-corrected chi connectivity index (χ1v) is 13.9. The molecule has 0 spiro atoms. The second-order valence-corrected chi connectivity index (χ2v) is 11.5. The third kappa shape index (κ3) is 6.60. The van der Waals surface area contributed by atoms with Crippen molar-refractivity contribution < 1.29 is 14.3 Å². The minimum Gasteiger partial charge on any atom is -0.444 e. The summed E-state index contributed by atoms with van der Waals surface area (Å²) in [7, 11) is 0. The molecule has 198 valence electrons. The molecule has 37 heavy (non-hydrogen) atoms. The van der Waals surface area contributed by atoms with Crippen molar-refractivity contribution >= 4 is 40.9 Å². The van der Waals surface area contributed by atoms with Crippen molar-refractivity contribution in [2.75, 3.05) is 24.7 Å². The molecule has 0 atom stereocenters. The number of hydrogen-bond donors (Lipinski definition) is 1. The van der Waals surface area contributed by atoms with E-state index in [2.05, 4.69) is 34.2 Å². The number of thioether (sulfide) groups is 1. The average Bonchev–Trinajstić information content (AvgIpc) is 3.28. The Hall–Kier alpha value is -3.14. The number of benzene rings is 1. The highest BCUT2D eigenvalue weighted by Gasteiger charge is 2.28. The highest BCUT2D eigenvalue weighted by molar-refractivity contribution is 7.98. The lowest BCUT2D eigenvalue weighted by Gasteiger charge is -2.33. The summed E-state index contributed by atoms with van der Waals surface area (Å²) in [5, 5.41) is 8.49. The molecular weight excluding hydrogens is 488 g/mol. The predicted octanol–water partition coefficient (Wildman–Crippen LogP) is 5.93. The predicted molar refractivity (Wildman–Crippen MR) is 146 cm³/mol. The minimum atomic E-state index is -0.508. The maximum atomic E-state index is 13.1. The minimum absolute atomic E-state index is 0.0955. The topological polar surface area (TPSA) is 102 Å². The van der Waals surface area contributed by atoms with Crippen LogP contribution in [0.15, 0.2) is 35.6 Å². The van der Waals surface area contributed by atoms with E-state index in [1.165, 1.54) is 11.8 Å². The maximum absolute atomic E-state index is 13.1. The van der Waals surface area contributed by atoms with Gasteiger partial charge in [-0.3, -0.25) is 4.79 Å². The van der Waals surface area contributed by atoms with Crippen LogP contribution < -0.4 is 5.32 Å². The maximum Gasteiger partial charge on any atom is 0.410 e. The van der Waals surface area contributed by atoms with Gasteiger partial charge in [0.05, 0.1) is 6.20 Å². The molecule has 1 amide bonds. The number of anilines is 2. The van der Waals surface area contributed by atoms with E-state index in [1.54, 1.807) is 9.42 Å². The SMILES string of the molecule is CSc1nc(Nc2cccc(C(=O)CC3CCN(C(=O)OC(C)(C)C)CC3)c2)n2ncc(C(C)C)c2n1. The molecule has 3 aromatic rings. The Balaban J connectivity index is 1.42. The molecule has 1 aromatic carbocycles. The molecule has 0 bridgehead atoms. The van der Waals surface area contributed by atoms with E-state index in [-0.39, 0.29) is 23.7 Å². The summed E-state index contributed by atoms with van der Waals surface area (Å²) >= 11 is 1.47. The number of nitrogens with zero attached hydrogens (tertiary/aromatic N) is 5. The van der Waals surface area contributed by atoms with Crippen LogP contribution in [0, 0.1) is 5.92 Å². The molecule has 0 radical (unpaired) electrons. The molecule has 10 heteroatoms. The number of Topliss-reactive ketones (excluding diaryl/α,β-unsaturated/α-hetero) is 1. The second-order valence-electron chi connectivity index (χ2n) is 10.8. The lowest BCUT2D eigenvalue weighted by Crippen LogP contribution is -2.42. The first-order valence-electron chi connectivity index (χ1n) is 12.7. The van der Waals surface area contributed by atoms with E-state index in [9.17, 15) is 9.59 Å². The van der Waals surface area contributed by atoms with Crippen LogP contribution in [0.25, 0.3) is 5.65 Å². The average molecular weight is 525 g/mol. The van der Waals surface area contributed by atoms with E-state index in [4.69, 9.17) is 4.74 Å². The molecule has 3 heterocycles. The molecule has 4 rings (SSSR count). The summed E-state index contributed by atoms with van der Waals surface area (Å²) in [5.74, 6) is 1.18. The highest BCUT2D eigenvalue weighted by Crippen LogP contribution is 2.27. The van der Waals surface area contributed by atoms with Crippen LogP contribution in [0.2, 0.25) is 0 Å². The number of ketones is 1. The van der Waals surface area contributed by atoms with E-state index >= 15 is 0 Å². The summed E-state index contributed by atoms with van der Waals surface area (Å²) in [5.41, 5.74) is 2.74. The Morgan fingerprint density at radius 1 is 1.19 bits per heavy atom. The van der Waals surface area contributed by atoms with Gasteiger partial charge in [0.2, 0.25) is 5.95 Å². The summed E-state index contributed by atoms with van der Waals surface area (Å²) < 4.78 is 7.19. The smallest absolute Gasteiger partial charge is 0.410 e. The number of carbonyl (C=O) groups excluding carboxylic acids is 2. The monoisotopic (exact) mass is 524 g/mol. The van der Waals surface area contributed by atoms with Gasteiger partial charge in [0.25, 0.3) is 0 Å².